The molecule has 0 bridgehead atoms. The van der Waals surface area contributed by atoms with Crippen molar-refractivity contribution in [3.8, 4) is 5.82 Å². The fraction of sp³-hybridized carbons (Fsp3) is 0.462. The quantitative estimate of drug-likeness (QED) is 0.896. The van der Waals surface area contributed by atoms with E-state index in [-0.39, 0.29) is 0 Å². The van der Waals surface area contributed by atoms with Gasteiger partial charge in [0, 0.05) is 31.2 Å². The number of ether oxygens (including phenoxy) is 1. The van der Waals surface area contributed by atoms with Crippen molar-refractivity contribution in [1.82, 2.24) is 20.0 Å². The van der Waals surface area contributed by atoms with E-state index in [1.165, 1.54) is 0 Å². The molecule has 6 heteroatoms. The summed E-state index contributed by atoms with van der Waals surface area (Å²) in [5.41, 5.74) is 7.41. The van der Waals surface area contributed by atoms with Gasteiger partial charge in [-0.05, 0) is 31.2 Å². The van der Waals surface area contributed by atoms with Crippen molar-refractivity contribution < 1.29 is 4.74 Å². The molecule has 0 atom stereocenters. The largest absolute Gasteiger partial charge is 0.399 e. The van der Waals surface area contributed by atoms with Gasteiger partial charge in [-0.25, -0.2) is 9.67 Å². The van der Waals surface area contributed by atoms with Gasteiger partial charge in [-0.2, -0.15) is 0 Å². The third kappa shape index (κ3) is 2.90. The summed E-state index contributed by atoms with van der Waals surface area (Å²) in [5.74, 6) is 1.35. The molecule has 0 amide bonds. The molecule has 100 valence electrons. The van der Waals surface area contributed by atoms with E-state index in [2.05, 4.69) is 15.3 Å². The summed E-state index contributed by atoms with van der Waals surface area (Å²) >= 11 is 0. The zero-order valence-electron chi connectivity index (χ0n) is 10.7. The van der Waals surface area contributed by atoms with Crippen LogP contribution >= 0.6 is 0 Å². The first-order valence-electron chi connectivity index (χ1n) is 6.52. The molecule has 0 aliphatic carbocycles. The number of nitrogens with two attached hydrogens (primary N) is 1. The number of hydrogen-bond acceptors (Lipinski definition) is 5. The number of pyridine rings is 1. The highest BCUT2D eigenvalue weighted by Crippen LogP contribution is 2.19. The van der Waals surface area contributed by atoms with E-state index < -0.39 is 0 Å². The van der Waals surface area contributed by atoms with Crippen molar-refractivity contribution in [1.29, 1.82) is 0 Å². The van der Waals surface area contributed by atoms with Crippen molar-refractivity contribution in [2.45, 2.75) is 19.3 Å². The highest BCUT2D eigenvalue weighted by atomic mass is 16.5. The Morgan fingerprint density at radius 3 is 3.00 bits per heavy atom. The minimum atomic E-state index is 0.646. The molecule has 1 aliphatic rings. The van der Waals surface area contributed by atoms with E-state index in [4.69, 9.17) is 10.5 Å². The highest BCUT2D eigenvalue weighted by Gasteiger charge is 2.16. The molecule has 6 nitrogen and oxygen atoms in total. The maximum Gasteiger partial charge on any atom is 0.157 e. The maximum absolute atomic E-state index is 5.74. The van der Waals surface area contributed by atoms with Gasteiger partial charge in [-0.3, -0.25) is 0 Å². The van der Waals surface area contributed by atoms with Crippen LogP contribution < -0.4 is 5.73 Å². The van der Waals surface area contributed by atoms with Crippen LogP contribution in [0.5, 0.6) is 0 Å². The number of nitrogens with zero attached hydrogens (tertiary/aromatic N) is 4. The Hall–Kier alpha value is -1.95. The molecule has 19 heavy (non-hydrogen) atoms. The number of rotatable bonds is 3. The predicted molar refractivity (Wildman–Crippen MR) is 70.8 cm³/mol. The van der Waals surface area contributed by atoms with Crippen molar-refractivity contribution in [2.24, 2.45) is 5.92 Å². The van der Waals surface area contributed by atoms with Crippen LogP contribution in [0.1, 0.15) is 18.5 Å². The lowest BCUT2D eigenvalue weighted by atomic mass is 9.95. The summed E-state index contributed by atoms with van der Waals surface area (Å²) in [6.07, 6.45) is 6.75. The first kappa shape index (κ1) is 12.1. The van der Waals surface area contributed by atoms with Gasteiger partial charge >= 0.3 is 0 Å². The molecule has 0 spiro atoms. The minimum absolute atomic E-state index is 0.646. The fourth-order valence-electron chi connectivity index (χ4n) is 2.31. The van der Waals surface area contributed by atoms with Gasteiger partial charge < -0.3 is 10.5 Å². The molecular weight excluding hydrogens is 242 g/mol. The predicted octanol–water partition coefficient (Wildman–Crippen LogP) is 1.21. The lowest BCUT2D eigenvalue weighted by Gasteiger charge is -2.20. The number of hydrogen-bond donors (Lipinski definition) is 1. The van der Waals surface area contributed by atoms with E-state index in [1.807, 2.05) is 6.20 Å². The zero-order chi connectivity index (χ0) is 13.1. The van der Waals surface area contributed by atoms with Crippen LogP contribution in [-0.4, -0.2) is 33.2 Å². The summed E-state index contributed by atoms with van der Waals surface area (Å²) in [7, 11) is 0. The fourth-order valence-corrected chi connectivity index (χ4v) is 2.31. The van der Waals surface area contributed by atoms with E-state index in [9.17, 15) is 0 Å². The van der Waals surface area contributed by atoms with Gasteiger partial charge in [-0.1, -0.05) is 5.21 Å². The molecule has 1 fully saturated rings. The highest BCUT2D eigenvalue weighted by molar-refractivity contribution is 5.42. The Balaban J connectivity index is 1.72. The summed E-state index contributed by atoms with van der Waals surface area (Å²) in [5, 5.41) is 8.32. The molecule has 1 saturated heterocycles. The Morgan fingerprint density at radius 2 is 2.21 bits per heavy atom. The Labute approximate surface area is 111 Å². The molecule has 0 radical (unpaired) electrons. The van der Waals surface area contributed by atoms with Gasteiger partial charge in [0.1, 0.15) is 0 Å². The van der Waals surface area contributed by atoms with Crippen LogP contribution in [0.15, 0.2) is 24.5 Å². The van der Waals surface area contributed by atoms with Gasteiger partial charge in [-0.15, -0.1) is 5.10 Å². The number of aromatic nitrogens is 4. The summed E-state index contributed by atoms with van der Waals surface area (Å²) in [6, 6.07) is 3.54. The van der Waals surface area contributed by atoms with Crippen LogP contribution in [0.4, 0.5) is 5.69 Å². The van der Waals surface area contributed by atoms with E-state index >= 15 is 0 Å². The Morgan fingerprint density at radius 1 is 1.37 bits per heavy atom. The molecule has 0 unspecified atom stereocenters. The first-order valence-corrected chi connectivity index (χ1v) is 6.52. The minimum Gasteiger partial charge on any atom is -0.399 e. The van der Waals surface area contributed by atoms with Crippen molar-refractivity contribution in [3.05, 3.63) is 30.2 Å². The standard InChI is InChI=1S/C13H17N5O/c14-11-1-4-15-13(8-11)18-9-12(16-17-18)7-10-2-5-19-6-3-10/h1,4,8-10H,2-3,5-7H2,(H2,14,15). The molecule has 2 N–H and O–H groups in total. The second-order valence-electron chi connectivity index (χ2n) is 4.86. The third-order valence-electron chi connectivity index (χ3n) is 3.38. The molecular formula is C13H17N5O. The second kappa shape index (κ2) is 5.36. The van der Waals surface area contributed by atoms with Crippen LogP contribution in [0.25, 0.3) is 5.82 Å². The smallest absolute Gasteiger partial charge is 0.157 e. The summed E-state index contributed by atoms with van der Waals surface area (Å²) in [4.78, 5) is 4.23. The van der Waals surface area contributed by atoms with Crippen molar-refractivity contribution >= 4 is 5.69 Å². The van der Waals surface area contributed by atoms with Gasteiger partial charge in [0.15, 0.2) is 5.82 Å². The molecule has 0 saturated carbocycles. The summed E-state index contributed by atoms with van der Waals surface area (Å²) < 4.78 is 7.03. The average Bonchev–Trinajstić information content (AvgIpc) is 2.88. The van der Waals surface area contributed by atoms with E-state index in [1.54, 1.807) is 23.0 Å². The van der Waals surface area contributed by atoms with Gasteiger partial charge in [0.2, 0.25) is 0 Å². The zero-order valence-corrected chi connectivity index (χ0v) is 10.7. The topological polar surface area (TPSA) is 78.8 Å². The first-order chi connectivity index (χ1) is 9.31. The Bertz CT molecular complexity index is 547. The van der Waals surface area contributed by atoms with Crippen LogP contribution in [-0.2, 0) is 11.2 Å². The third-order valence-corrected chi connectivity index (χ3v) is 3.38. The van der Waals surface area contributed by atoms with Crippen LogP contribution in [0.3, 0.4) is 0 Å². The maximum atomic E-state index is 5.74. The SMILES string of the molecule is Nc1ccnc(-n2cc(CC3CCOCC3)nn2)c1. The number of nitrogen functional groups attached to an aromatic ring is 1. The second-order valence-corrected chi connectivity index (χ2v) is 4.86. The van der Waals surface area contributed by atoms with E-state index in [0.717, 1.165) is 38.2 Å². The monoisotopic (exact) mass is 259 g/mol. The van der Waals surface area contributed by atoms with Gasteiger partial charge in [0.25, 0.3) is 0 Å². The van der Waals surface area contributed by atoms with Crippen molar-refractivity contribution in [3.63, 3.8) is 0 Å². The van der Waals surface area contributed by atoms with Crippen LogP contribution in [0, 0.1) is 5.92 Å². The number of anilines is 1. The lowest BCUT2D eigenvalue weighted by molar-refractivity contribution is 0.0662. The van der Waals surface area contributed by atoms with Crippen molar-refractivity contribution in [2.75, 3.05) is 18.9 Å². The molecule has 3 heterocycles. The molecule has 2 aromatic rings. The summed E-state index contributed by atoms with van der Waals surface area (Å²) in [6.45, 7) is 1.71. The van der Waals surface area contributed by atoms with Crippen LogP contribution in [0.2, 0.25) is 0 Å². The molecule has 0 aromatic carbocycles. The van der Waals surface area contributed by atoms with E-state index in [0.29, 0.717) is 17.4 Å². The molecule has 2 aromatic heterocycles. The Kier molecular flexibility index (Phi) is 3.41. The molecule has 3 rings (SSSR count). The lowest BCUT2D eigenvalue weighted by Crippen LogP contribution is -2.17. The van der Waals surface area contributed by atoms with Gasteiger partial charge in [0.05, 0.1) is 11.9 Å². The molecule has 1 aliphatic heterocycles. The average molecular weight is 259 g/mol. The normalized spacial score (nSPS) is 16.6.